The minimum Gasteiger partial charge on any atom is -0.504 e. The number of ether oxygens (including phenoxy) is 1. The van der Waals surface area contributed by atoms with E-state index in [2.05, 4.69) is 26.1 Å². The highest BCUT2D eigenvalue weighted by Gasteiger charge is 2.16. The summed E-state index contributed by atoms with van der Waals surface area (Å²) in [6.45, 7) is 3.84. The van der Waals surface area contributed by atoms with Gasteiger partial charge in [-0.05, 0) is 15.9 Å². The lowest BCUT2D eigenvalue weighted by molar-refractivity contribution is 0.373. The zero-order chi connectivity index (χ0) is 11.5. The lowest BCUT2D eigenvalue weighted by Gasteiger charge is -2.30. The molecule has 1 fully saturated rings. The van der Waals surface area contributed by atoms with Gasteiger partial charge in [-0.1, -0.05) is 0 Å². The van der Waals surface area contributed by atoms with E-state index in [1.54, 1.807) is 19.2 Å². The van der Waals surface area contributed by atoms with Gasteiger partial charge in [0.05, 0.1) is 12.8 Å². The summed E-state index contributed by atoms with van der Waals surface area (Å²) in [4.78, 5) is 2.24. The summed E-state index contributed by atoms with van der Waals surface area (Å²) in [6.07, 6.45) is 0. The van der Waals surface area contributed by atoms with Crippen LogP contribution in [0.5, 0.6) is 11.5 Å². The molecule has 0 atom stereocenters. The normalized spacial score (nSPS) is 16.2. The van der Waals surface area contributed by atoms with Gasteiger partial charge in [0, 0.05) is 42.8 Å². The number of anilines is 1. The average Bonchev–Trinajstić information content (AvgIpc) is 2.32. The number of hydrogen-bond acceptors (Lipinski definition) is 4. The number of phenols is 1. The van der Waals surface area contributed by atoms with Crippen molar-refractivity contribution in [3.63, 3.8) is 0 Å². The number of rotatable bonds is 2. The first-order chi connectivity index (χ1) is 7.72. The Morgan fingerprint density at radius 2 is 2.06 bits per heavy atom. The van der Waals surface area contributed by atoms with E-state index >= 15 is 0 Å². The molecule has 88 valence electrons. The van der Waals surface area contributed by atoms with Gasteiger partial charge in [-0.15, -0.1) is 0 Å². The third kappa shape index (κ3) is 2.25. The molecule has 16 heavy (non-hydrogen) atoms. The fourth-order valence-electron chi connectivity index (χ4n) is 1.84. The quantitative estimate of drug-likeness (QED) is 0.866. The van der Waals surface area contributed by atoms with Crippen molar-refractivity contribution in [1.29, 1.82) is 0 Å². The molecule has 1 aromatic rings. The van der Waals surface area contributed by atoms with Crippen molar-refractivity contribution < 1.29 is 9.84 Å². The first-order valence-corrected chi connectivity index (χ1v) is 6.04. The van der Waals surface area contributed by atoms with Gasteiger partial charge in [-0.25, -0.2) is 0 Å². The van der Waals surface area contributed by atoms with Crippen LogP contribution in [0.2, 0.25) is 0 Å². The third-order valence-electron chi connectivity index (χ3n) is 2.71. The van der Waals surface area contributed by atoms with Crippen LogP contribution in [0.1, 0.15) is 0 Å². The number of aromatic hydroxyl groups is 1. The SMILES string of the molecule is COc1cc(Br)c(N2CCNCC2)cc1O. The molecule has 5 heteroatoms. The summed E-state index contributed by atoms with van der Waals surface area (Å²) in [5.74, 6) is 0.671. The van der Waals surface area contributed by atoms with Crippen molar-refractivity contribution in [1.82, 2.24) is 5.32 Å². The number of methoxy groups -OCH3 is 1. The van der Waals surface area contributed by atoms with Crippen LogP contribution in [0.15, 0.2) is 16.6 Å². The summed E-state index contributed by atoms with van der Waals surface area (Å²) in [5, 5.41) is 13.1. The molecule has 0 unspecified atom stereocenters. The summed E-state index contributed by atoms with van der Waals surface area (Å²) >= 11 is 3.50. The van der Waals surface area contributed by atoms with Crippen LogP contribution in [0, 0.1) is 0 Å². The molecule has 1 heterocycles. The van der Waals surface area contributed by atoms with E-state index in [9.17, 15) is 5.11 Å². The molecule has 1 aliphatic rings. The van der Waals surface area contributed by atoms with Gasteiger partial charge >= 0.3 is 0 Å². The highest BCUT2D eigenvalue weighted by Crippen LogP contribution is 2.37. The molecule has 4 nitrogen and oxygen atoms in total. The van der Waals surface area contributed by atoms with E-state index in [1.165, 1.54) is 0 Å². The fraction of sp³-hybridized carbons (Fsp3) is 0.455. The Labute approximate surface area is 103 Å². The van der Waals surface area contributed by atoms with Crippen LogP contribution < -0.4 is 15.0 Å². The second-order valence-electron chi connectivity index (χ2n) is 3.71. The zero-order valence-electron chi connectivity index (χ0n) is 9.16. The van der Waals surface area contributed by atoms with E-state index in [4.69, 9.17) is 4.74 Å². The Bertz CT molecular complexity index is 378. The predicted molar refractivity (Wildman–Crippen MR) is 67.4 cm³/mol. The van der Waals surface area contributed by atoms with Crippen LogP contribution in [0.3, 0.4) is 0 Å². The highest BCUT2D eigenvalue weighted by molar-refractivity contribution is 9.10. The van der Waals surface area contributed by atoms with Crippen LogP contribution in [0.25, 0.3) is 0 Å². The number of phenolic OH excluding ortho intramolecular Hbond substituents is 1. The predicted octanol–water partition coefficient (Wildman–Crippen LogP) is 1.57. The van der Waals surface area contributed by atoms with Crippen molar-refractivity contribution in [2.45, 2.75) is 0 Å². The smallest absolute Gasteiger partial charge is 0.161 e. The Hall–Kier alpha value is -0.940. The topological polar surface area (TPSA) is 44.7 Å². The van der Waals surface area contributed by atoms with E-state index in [-0.39, 0.29) is 5.75 Å². The number of halogens is 1. The molecule has 0 aromatic heterocycles. The van der Waals surface area contributed by atoms with Crippen LogP contribution in [-0.2, 0) is 0 Å². The van der Waals surface area contributed by atoms with Crippen LogP contribution in [-0.4, -0.2) is 38.4 Å². The van der Waals surface area contributed by atoms with E-state index in [0.29, 0.717) is 5.75 Å². The first-order valence-electron chi connectivity index (χ1n) is 5.24. The Morgan fingerprint density at radius 3 is 2.69 bits per heavy atom. The van der Waals surface area contributed by atoms with Crippen molar-refractivity contribution >= 4 is 21.6 Å². The Morgan fingerprint density at radius 1 is 1.38 bits per heavy atom. The largest absolute Gasteiger partial charge is 0.504 e. The molecule has 1 aliphatic heterocycles. The van der Waals surface area contributed by atoms with E-state index in [1.807, 2.05) is 0 Å². The Balaban J connectivity index is 2.29. The van der Waals surface area contributed by atoms with Gasteiger partial charge in [-0.3, -0.25) is 0 Å². The second kappa shape index (κ2) is 4.93. The maximum atomic E-state index is 9.76. The van der Waals surface area contributed by atoms with E-state index in [0.717, 1.165) is 36.3 Å². The minimum atomic E-state index is 0.180. The monoisotopic (exact) mass is 286 g/mol. The number of hydrogen-bond donors (Lipinski definition) is 2. The van der Waals surface area contributed by atoms with Crippen molar-refractivity contribution in [3.8, 4) is 11.5 Å². The molecule has 2 rings (SSSR count). The average molecular weight is 287 g/mol. The molecule has 2 N–H and O–H groups in total. The zero-order valence-corrected chi connectivity index (χ0v) is 10.7. The molecular weight excluding hydrogens is 272 g/mol. The molecule has 0 saturated carbocycles. The van der Waals surface area contributed by atoms with Gasteiger partial charge in [0.1, 0.15) is 0 Å². The summed E-state index contributed by atoms with van der Waals surface area (Å²) < 4.78 is 6.01. The number of nitrogens with zero attached hydrogens (tertiary/aromatic N) is 1. The molecule has 0 spiro atoms. The minimum absolute atomic E-state index is 0.180. The lowest BCUT2D eigenvalue weighted by Crippen LogP contribution is -2.43. The third-order valence-corrected chi connectivity index (χ3v) is 3.34. The second-order valence-corrected chi connectivity index (χ2v) is 4.57. The standard InChI is InChI=1S/C11H15BrN2O2/c1-16-11-6-8(12)9(7-10(11)15)14-4-2-13-3-5-14/h6-7,13,15H,2-5H2,1H3. The number of piperazine rings is 1. The molecule has 0 amide bonds. The van der Waals surface area contributed by atoms with Crippen molar-refractivity contribution in [3.05, 3.63) is 16.6 Å². The number of nitrogens with one attached hydrogen (secondary N) is 1. The first kappa shape index (κ1) is 11.5. The van der Waals surface area contributed by atoms with Gasteiger partial charge in [0.2, 0.25) is 0 Å². The molecule has 0 bridgehead atoms. The van der Waals surface area contributed by atoms with Crippen molar-refractivity contribution in [2.75, 3.05) is 38.2 Å². The van der Waals surface area contributed by atoms with Gasteiger partial charge in [0.25, 0.3) is 0 Å². The van der Waals surface area contributed by atoms with Gasteiger partial charge in [0.15, 0.2) is 11.5 Å². The van der Waals surface area contributed by atoms with Crippen molar-refractivity contribution in [2.24, 2.45) is 0 Å². The number of benzene rings is 1. The van der Waals surface area contributed by atoms with Gasteiger partial charge < -0.3 is 20.1 Å². The summed E-state index contributed by atoms with van der Waals surface area (Å²) in [6, 6.07) is 3.54. The summed E-state index contributed by atoms with van der Waals surface area (Å²) in [7, 11) is 1.55. The highest BCUT2D eigenvalue weighted by atomic mass is 79.9. The van der Waals surface area contributed by atoms with Crippen LogP contribution in [0.4, 0.5) is 5.69 Å². The molecule has 0 aliphatic carbocycles. The van der Waals surface area contributed by atoms with Gasteiger partial charge in [-0.2, -0.15) is 0 Å². The van der Waals surface area contributed by atoms with E-state index < -0.39 is 0 Å². The lowest BCUT2D eigenvalue weighted by atomic mass is 10.2. The maximum absolute atomic E-state index is 9.76. The molecule has 0 radical (unpaired) electrons. The molecule has 1 saturated heterocycles. The maximum Gasteiger partial charge on any atom is 0.161 e. The summed E-state index contributed by atoms with van der Waals surface area (Å²) in [5.41, 5.74) is 1.01. The molecule has 1 aromatic carbocycles. The Kier molecular flexibility index (Phi) is 3.56. The van der Waals surface area contributed by atoms with Crippen LogP contribution >= 0.6 is 15.9 Å². The fourth-order valence-corrected chi connectivity index (χ4v) is 2.42. The molecular formula is C11H15BrN2O2.